The van der Waals surface area contributed by atoms with E-state index in [9.17, 15) is 9.59 Å². The number of nitrogens with zero attached hydrogens (tertiary/aromatic N) is 5. The quantitative estimate of drug-likeness (QED) is 0.347. The number of aromatic nitrogens is 2. The number of anilines is 2. The molecule has 10 nitrogen and oxygen atoms in total. The van der Waals surface area contributed by atoms with Crippen LogP contribution < -0.4 is 20.6 Å². The Morgan fingerprint density at radius 1 is 0.844 bits per heavy atom. The monoisotopic (exact) mass is 612 g/mol. The highest BCUT2D eigenvalue weighted by Crippen LogP contribution is 2.37. The summed E-state index contributed by atoms with van der Waals surface area (Å²) >= 11 is 0. The Morgan fingerprint density at radius 3 is 2.16 bits per heavy atom. The van der Waals surface area contributed by atoms with Crippen LogP contribution in [0.25, 0.3) is 10.9 Å². The molecule has 1 atom stereocenters. The van der Waals surface area contributed by atoms with E-state index < -0.39 is 5.92 Å². The summed E-state index contributed by atoms with van der Waals surface area (Å²) in [6.07, 6.45) is 3.17. The third kappa shape index (κ3) is 5.53. The van der Waals surface area contributed by atoms with Crippen molar-refractivity contribution in [3.63, 3.8) is 0 Å². The molecule has 0 radical (unpaired) electrons. The van der Waals surface area contributed by atoms with Gasteiger partial charge in [0, 0.05) is 69.9 Å². The Kier molecular flexibility index (Phi) is 7.69. The van der Waals surface area contributed by atoms with E-state index in [0.29, 0.717) is 18.9 Å². The molecule has 7 rings (SSSR count). The van der Waals surface area contributed by atoms with Crippen molar-refractivity contribution in [2.24, 2.45) is 7.05 Å². The van der Waals surface area contributed by atoms with Gasteiger partial charge in [-0.1, -0.05) is 24.3 Å². The Balaban J connectivity index is 0.953. The molecule has 5 heterocycles. The molecule has 1 aromatic heterocycles. The van der Waals surface area contributed by atoms with Crippen LogP contribution in [0.2, 0.25) is 0 Å². The number of piperidine rings is 2. The van der Waals surface area contributed by atoms with Crippen molar-refractivity contribution in [3.05, 3.63) is 48.2 Å². The summed E-state index contributed by atoms with van der Waals surface area (Å²) in [6.45, 7) is 14.4. The summed E-state index contributed by atoms with van der Waals surface area (Å²) in [7, 11) is 1.63. The van der Waals surface area contributed by atoms with E-state index in [2.05, 4.69) is 90.2 Å². The highest BCUT2D eigenvalue weighted by molar-refractivity contribution is 6.62. The Labute approximate surface area is 266 Å². The number of nitrogens with one attached hydrogen (secondary N) is 1. The van der Waals surface area contributed by atoms with Crippen LogP contribution in [0.15, 0.2) is 42.5 Å². The van der Waals surface area contributed by atoms with Gasteiger partial charge < -0.3 is 19.1 Å². The number of carbonyl (C=O) groups is 2. The first-order chi connectivity index (χ1) is 21.5. The summed E-state index contributed by atoms with van der Waals surface area (Å²) in [5, 5.41) is 8.28. The number of benzene rings is 2. The second kappa shape index (κ2) is 11.4. The number of para-hydroxylation sites is 1. The van der Waals surface area contributed by atoms with E-state index in [0.717, 1.165) is 74.2 Å². The molecule has 0 saturated carbocycles. The second-order valence-electron chi connectivity index (χ2n) is 14.1. The molecule has 2 aromatic carbocycles. The maximum absolute atomic E-state index is 12.6. The molecule has 4 aliphatic heterocycles. The van der Waals surface area contributed by atoms with Gasteiger partial charge in [-0.3, -0.25) is 24.5 Å². The first-order valence-corrected chi connectivity index (χ1v) is 16.5. The van der Waals surface area contributed by atoms with Crippen LogP contribution in [-0.2, 0) is 25.9 Å². The van der Waals surface area contributed by atoms with Gasteiger partial charge >= 0.3 is 7.12 Å². The van der Waals surface area contributed by atoms with Crippen LogP contribution in [0, 0.1) is 0 Å². The van der Waals surface area contributed by atoms with Gasteiger partial charge in [-0.2, -0.15) is 5.10 Å². The Hall–Kier alpha value is -3.41. The molecule has 0 spiro atoms. The molecule has 45 heavy (non-hydrogen) atoms. The number of aryl methyl sites for hydroxylation is 1. The first-order valence-electron chi connectivity index (χ1n) is 16.5. The average molecular weight is 613 g/mol. The minimum Gasteiger partial charge on any atom is -0.399 e. The van der Waals surface area contributed by atoms with Crippen molar-refractivity contribution >= 4 is 46.7 Å². The Bertz CT molecular complexity index is 1570. The van der Waals surface area contributed by atoms with Crippen molar-refractivity contribution in [1.29, 1.82) is 0 Å². The van der Waals surface area contributed by atoms with E-state index in [1.165, 1.54) is 11.4 Å². The molecule has 4 saturated heterocycles. The predicted molar refractivity (Wildman–Crippen MR) is 177 cm³/mol. The second-order valence-corrected chi connectivity index (χ2v) is 14.1. The van der Waals surface area contributed by atoms with E-state index in [1.54, 1.807) is 0 Å². The van der Waals surface area contributed by atoms with Crippen LogP contribution in [0.3, 0.4) is 0 Å². The van der Waals surface area contributed by atoms with Gasteiger partial charge in [0.2, 0.25) is 11.8 Å². The third-order valence-electron chi connectivity index (χ3n) is 10.9. The summed E-state index contributed by atoms with van der Waals surface area (Å²) < 4.78 is 14.4. The maximum atomic E-state index is 12.6. The van der Waals surface area contributed by atoms with Gasteiger partial charge in [0.05, 0.1) is 34.0 Å². The topological polar surface area (TPSA) is 92.2 Å². The lowest BCUT2D eigenvalue weighted by molar-refractivity contribution is -0.134. The third-order valence-corrected chi connectivity index (χ3v) is 10.9. The number of imide groups is 1. The minimum atomic E-state index is -0.391. The molecular weight excluding hydrogens is 567 g/mol. The van der Waals surface area contributed by atoms with Crippen molar-refractivity contribution in [2.45, 2.75) is 76.5 Å². The predicted octanol–water partition coefficient (Wildman–Crippen LogP) is 3.18. The van der Waals surface area contributed by atoms with Gasteiger partial charge in [-0.05, 0) is 70.6 Å². The Morgan fingerprint density at radius 2 is 1.51 bits per heavy atom. The molecule has 1 unspecified atom stereocenters. The molecule has 0 bridgehead atoms. The number of piperazine rings is 1. The molecule has 3 aromatic rings. The van der Waals surface area contributed by atoms with E-state index >= 15 is 0 Å². The lowest BCUT2D eigenvalue weighted by Gasteiger charge is -2.44. The van der Waals surface area contributed by atoms with Crippen molar-refractivity contribution in [1.82, 2.24) is 20.0 Å². The number of hydrogen-bond donors (Lipinski definition) is 1. The summed E-state index contributed by atoms with van der Waals surface area (Å²) in [5.74, 6) is -0.833. The molecule has 238 valence electrons. The molecule has 2 amide bonds. The smallest absolute Gasteiger partial charge is 0.399 e. The number of amides is 2. The van der Waals surface area contributed by atoms with Crippen molar-refractivity contribution in [2.75, 3.05) is 49.1 Å². The summed E-state index contributed by atoms with van der Waals surface area (Å²) in [6, 6.07) is 15.6. The molecular formula is C34H45BN6O4. The molecule has 1 N–H and O–H groups in total. The molecule has 4 aliphatic rings. The van der Waals surface area contributed by atoms with Crippen LogP contribution in [0.4, 0.5) is 11.4 Å². The minimum absolute atomic E-state index is 0.200. The standard InChI is InChI=1S/C34H45BN6O4/c1-33(2)34(3,4)45-35(44-33)23-9-11-24(12-10-23)39-17-15-25(16-18-39)40-19-21-41(22-20-40)28-8-6-7-26-30(37-38(5)31(26)28)27-13-14-29(42)36-32(27)43/h6-12,25,27H,13-22H2,1-5H3,(H,36,42,43). The van der Waals surface area contributed by atoms with E-state index in [1.807, 2.05) is 11.7 Å². The first kappa shape index (κ1) is 30.3. The van der Waals surface area contributed by atoms with Gasteiger partial charge in [0.1, 0.15) is 0 Å². The fraction of sp³-hybridized carbons (Fsp3) is 0.559. The van der Waals surface area contributed by atoms with Gasteiger partial charge in [-0.25, -0.2) is 0 Å². The van der Waals surface area contributed by atoms with E-state index in [4.69, 9.17) is 14.4 Å². The summed E-state index contributed by atoms with van der Waals surface area (Å²) in [5.41, 5.74) is 4.65. The molecule has 0 aliphatic carbocycles. The number of carbonyl (C=O) groups excluding carboxylic acids is 2. The van der Waals surface area contributed by atoms with Crippen molar-refractivity contribution in [3.8, 4) is 0 Å². The van der Waals surface area contributed by atoms with Gasteiger partial charge in [0.15, 0.2) is 0 Å². The van der Waals surface area contributed by atoms with Crippen molar-refractivity contribution < 1.29 is 18.9 Å². The van der Waals surface area contributed by atoms with Crippen LogP contribution in [0.5, 0.6) is 0 Å². The molecule has 11 heteroatoms. The lowest BCUT2D eigenvalue weighted by atomic mass is 9.79. The normalized spacial score (nSPS) is 24.5. The average Bonchev–Trinajstić information content (AvgIpc) is 3.48. The van der Waals surface area contributed by atoms with E-state index in [-0.39, 0.29) is 30.1 Å². The zero-order valence-corrected chi connectivity index (χ0v) is 27.2. The fourth-order valence-corrected chi connectivity index (χ4v) is 7.45. The number of hydrogen-bond acceptors (Lipinski definition) is 8. The zero-order chi connectivity index (χ0) is 31.5. The summed E-state index contributed by atoms with van der Waals surface area (Å²) in [4.78, 5) is 32.0. The largest absolute Gasteiger partial charge is 0.494 e. The van der Waals surface area contributed by atoms with Crippen LogP contribution in [0.1, 0.15) is 65.0 Å². The fourth-order valence-electron chi connectivity index (χ4n) is 7.45. The number of fused-ring (bicyclic) bond motifs is 1. The highest BCUT2D eigenvalue weighted by atomic mass is 16.7. The number of rotatable bonds is 5. The van der Waals surface area contributed by atoms with Crippen LogP contribution >= 0.6 is 0 Å². The highest BCUT2D eigenvalue weighted by Gasteiger charge is 2.51. The van der Waals surface area contributed by atoms with Crippen LogP contribution in [-0.4, -0.2) is 90.1 Å². The lowest BCUT2D eigenvalue weighted by Crippen LogP contribution is -2.53. The SMILES string of the molecule is Cn1nc(C2CCC(=O)NC2=O)c2cccc(N3CCN(C4CCN(c5ccc(B6OC(C)(C)C(C)(C)O6)cc5)CC4)CC3)c21. The zero-order valence-electron chi connectivity index (χ0n) is 27.2. The van der Waals surface area contributed by atoms with Gasteiger partial charge in [0.25, 0.3) is 0 Å². The molecule has 4 fully saturated rings. The maximum Gasteiger partial charge on any atom is 0.494 e. The van der Waals surface area contributed by atoms with Gasteiger partial charge in [-0.15, -0.1) is 0 Å².